The van der Waals surface area contributed by atoms with E-state index in [1.54, 1.807) is 16.8 Å². The first-order valence-electron chi connectivity index (χ1n) is 5.75. The lowest BCUT2D eigenvalue weighted by molar-refractivity contribution is 0.182. The number of sulfonamides is 1. The molecule has 0 aliphatic carbocycles. The van der Waals surface area contributed by atoms with E-state index in [0.717, 1.165) is 6.07 Å². The van der Waals surface area contributed by atoms with Crippen molar-refractivity contribution in [3.63, 3.8) is 0 Å². The van der Waals surface area contributed by atoms with Crippen LogP contribution in [0, 0.1) is 11.6 Å². The topological polar surface area (TPSA) is 92.4 Å². The molecule has 0 spiro atoms. The van der Waals surface area contributed by atoms with Crippen LogP contribution in [0.4, 0.5) is 14.5 Å². The van der Waals surface area contributed by atoms with E-state index < -0.39 is 32.7 Å². The van der Waals surface area contributed by atoms with Crippen LogP contribution < -0.4 is 10.5 Å². The average molecular weight is 334 g/mol. The number of aliphatic hydroxyl groups is 1. The van der Waals surface area contributed by atoms with Crippen LogP contribution in [0.3, 0.4) is 0 Å². The number of aliphatic hydroxyl groups excluding tert-OH is 1. The fourth-order valence-electron chi connectivity index (χ4n) is 1.63. The highest BCUT2D eigenvalue weighted by Gasteiger charge is 2.23. The van der Waals surface area contributed by atoms with Gasteiger partial charge in [0.15, 0.2) is 11.6 Å². The Bertz CT molecular complexity index is 733. The number of nitrogens with two attached hydrogens (primary N) is 1. The SMILES string of the molecule is Nc1cc(F)c(F)c(S(=O)(=O)NCC(O)c2ccsc2)c1. The zero-order valence-electron chi connectivity index (χ0n) is 10.6. The number of hydrogen-bond acceptors (Lipinski definition) is 5. The van der Waals surface area contributed by atoms with Crippen molar-refractivity contribution in [3.05, 3.63) is 46.2 Å². The maximum atomic E-state index is 13.6. The van der Waals surface area contributed by atoms with Gasteiger partial charge in [-0.3, -0.25) is 0 Å². The smallest absolute Gasteiger partial charge is 0.243 e. The molecule has 0 aliphatic heterocycles. The third kappa shape index (κ3) is 3.56. The van der Waals surface area contributed by atoms with Crippen molar-refractivity contribution in [2.24, 2.45) is 0 Å². The second-order valence-corrected chi connectivity index (χ2v) is 6.75. The first kappa shape index (κ1) is 15.8. The van der Waals surface area contributed by atoms with Crippen LogP contribution in [-0.2, 0) is 10.0 Å². The first-order valence-corrected chi connectivity index (χ1v) is 8.18. The van der Waals surface area contributed by atoms with E-state index in [4.69, 9.17) is 5.73 Å². The monoisotopic (exact) mass is 334 g/mol. The Hall–Kier alpha value is -1.55. The summed E-state index contributed by atoms with van der Waals surface area (Å²) in [4.78, 5) is -0.891. The first-order chi connectivity index (χ1) is 9.81. The summed E-state index contributed by atoms with van der Waals surface area (Å²) >= 11 is 1.34. The second kappa shape index (κ2) is 6.06. The number of thiophene rings is 1. The second-order valence-electron chi connectivity index (χ2n) is 4.24. The van der Waals surface area contributed by atoms with Crippen molar-refractivity contribution in [3.8, 4) is 0 Å². The number of rotatable bonds is 5. The minimum atomic E-state index is -4.32. The van der Waals surface area contributed by atoms with Crippen LogP contribution in [0.2, 0.25) is 0 Å². The third-order valence-corrected chi connectivity index (χ3v) is 4.83. The molecule has 0 bridgehead atoms. The molecule has 1 atom stereocenters. The Morgan fingerprint density at radius 1 is 1.38 bits per heavy atom. The van der Waals surface area contributed by atoms with Crippen molar-refractivity contribution in [2.45, 2.75) is 11.0 Å². The largest absolute Gasteiger partial charge is 0.399 e. The summed E-state index contributed by atoms with van der Waals surface area (Å²) in [6, 6.07) is 3.14. The molecule has 114 valence electrons. The normalized spacial score (nSPS) is 13.3. The average Bonchev–Trinajstić information content (AvgIpc) is 2.94. The van der Waals surface area contributed by atoms with Gasteiger partial charge in [0.25, 0.3) is 0 Å². The number of anilines is 1. The summed E-state index contributed by atoms with van der Waals surface area (Å²) in [6.45, 7) is -0.366. The van der Waals surface area contributed by atoms with Gasteiger partial charge in [-0.15, -0.1) is 0 Å². The van der Waals surface area contributed by atoms with Crippen molar-refractivity contribution in [1.29, 1.82) is 0 Å². The number of nitrogens with one attached hydrogen (secondary N) is 1. The highest BCUT2D eigenvalue weighted by molar-refractivity contribution is 7.89. The Labute approximate surface area is 124 Å². The minimum absolute atomic E-state index is 0.215. The van der Waals surface area contributed by atoms with Gasteiger partial charge < -0.3 is 10.8 Å². The summed E-state index contributed by atoms with van der Waals surface area (Å²) in [5, 5.41) is 13.2. The van der Waals surface area contributed by atoms with E-state index >= 15 is 0 Å². The van der Waals surface area contributed by atoms with Gasteiger partial charge in [0, 0.05) is 12.2 Å². The predicted molar refractivity (Wildman–Crippen MR) is 75.2 cm³/mol. The molecule has 1 aromatic carbocycles. The van der Waals surface area contributed by atoms with E-state index in [9.17, 15) is 22.3 Å². The summed E-state index contributed by atoms with van der Waals surface area (Å²) in [6.07, 6.45) is -1.08. The van der Waals surface area contributed by atoms with E-state index in [2.05, 4.69) is 0 Å². The van der Waals surface area contributed by atoms with Gasteiger partial charge in [0.1, 0.15) is 4.90 Å². The molecule has 0 radical (unpaired) electrons. The minimum Gasteiger partial charge on any atom is -0.399 e. The van der Waals surface area contributed by atoms with Gasteiger partial charge >= 0.3 is 0 Å². The van der Waals surface area contributed by atoms with Crippen molar-refractivity contribution < 1.29 is 22.3 Å². The van der Waals surface area contributed by atoms with E-state index in [1.807, 2.05) is 4.72 Å². The molecule has 4 N–H and O–H groups in total. The summed E-state index contributed by atoms with van der Waals surface area (Å²) in [5.74, 6) is -2.87. The molecule has 0 fully saturated rings. The molecule has 2 rings (SSSR count). The number of halogens is 2. The van der Waals surface area contributed by atoms with Crippen LogP contribution in [0.15, 0.2) is 33.9 Å². The maximum absolute atomic E-state index is 13.6. The molecule has 0 saturated heterocycles. The summed E-state index contributed by atoms with van der Waals surface area (Å²) in [7, 11) is -4.32. The van der Waals surface area contributed by atoms with Gasteiger partial charge in [-0.05, 0) is 34.5 Å². The van der Waals surface area contributed by atoms with Crippen LogP contribution in [0.1, 0.15) is 11.7 Å². The van der Waals surface area contributed by atoms with Gasteiger partial charge in [0.2, 0.25) is 10.0 Å². The van der Waals surface area contributed by atoms with E-state index in [1.165, 1.54) is 11.3 Å². The van der Waals surface area contributed by atoms with Crippen LogP contribution in [0.5, 0.6) is 0 Å². The number of hydrogen-bond donors (Lipinski definition) is 3. The molecule has 0 aliphatic rings. The third-order valence-electron chi connectivity index (χ3n) is 2.70. The lowest BCUT2D eigenvalue weighted by Gasteiger charge is -2.12. The lowest BCUT2D eigenvalue weighted by Crippen LogP contribution is -2.29. The number of benzene rings is 1. The molecule has 5 nitrogen and oxygen atoms in total. The van der Waals surface area contributed by atoms with Gasteiger partial charge in [-0.2, -0.15) is 11.3 Å². The van der Waals surface area contributed by atoms with E-state index in [0.29, 0.717) is 11.6 Å². The van der Waals surface area contributed by atoms with Crippen molar-refractivity contribution in [1.82, 2.24) is 4.72 Å². The maximum Gasteiger partial charge on any atom is 0.243 e. The predicted octanol–water partition coefficient (Wildman–Crippen LogP) is 1.62. The van der Waals surface area contributed by atoms with Gasteiger partial charge in [0.05, 0.1) is 6.10 Å². The fraction of sp³-hybridized carbons (Fsp3) is 0.167. The molecule has 2 aromatic rings. The molecule has 0 saturated carbocycles. The Morgan fingerprint density at radius 3 is 2.71 bits per heavy atom. The zero-order valence-corrected chi connectivity index (χ0v) is 12.2. The molecular formula is C12H12F2N2O3S2. The van der Waals surface area contributed by atoms with Gasteiger partial charge in [-0.1, -0.05) is 0 Å². The Morgan fingerprint density at radius 2 is 2.10 bits per heavy atom. The highest BCUT2D eigenvalue weighted by Crippen LogP contribution is 2.22. The van der Waals surface area contributed by atoms with Gasteiger partial charge in [-0.25, -0.2) is 21.9 Å². The summed E-state index contributed by atoms with van der Waals surface area (Å²) in [5.41, 5.74) is 5.63. The summed E-state index contributed by atoms with van der Waals surface area (Å²) < 4.78 is 52.7. The highest BCUT2D eigenvalue weighted by atomic mass is 32.2. The number of nitrogen functional groups attached to an aromatic ring is 1. The van der Waals surface area contributed by atoms with E-state index in [-0.39, 0.29) is 12.2 Å². The molecule has 9 heteroatoms. The molecule has 1 aromatic heterocycles. The van der Waals surface area contributed by atoms with Crippen molar-refractivity contribution in [2.75, 3.05) is 12.3 Å². The van der Waals surface area contributed by atoms with Crippen molar-refractivity contribution >= 4 is 27.0 Å². The molecule has 0 amide bonds. The molecule has 1 unspecified atom stereocenters. The van der Waals surface area contributed by atoms with Crippen LogP contribution in [0.25, 0.3) is 0 Å². The lowest BCUT2D eigenvalue weighted by atomic mass is 10.2. The molecule has 1 heterocycles. The molecular weight excluding hydrogens is 322 g/mol. The van der Waals surface area contributed by atoms with Crippen LogP contribution in [-0.4, -0.2) is 20.1 Å². The Balaban J connectivity index is 2.19. The quantitative estimate of drug-likeness (QED) is 0.725. The zero-order chi connectivity index (χ0) is 15.6. The standard InChI is InChI=1S/C12H12F2N2O3S2/c13-9-3-8(15)4-11(12(9)14)21(18,19)16-5-10(17)7-1-2-20-6-7/h1-4,6,10,16-17H,5,15H2. The molecule has 21 heavy (non-hydrogen) atoms. The Kier molecular flexibility index (Phi) is 4.57. The van der Waals surface area contributed by atoms with Crippen LogP contribution >= 0.6 is 11.3 Å². The fourth-order valence-corrected chi connectivity index (χ4v) is 3.49.